The van der Waals surface area contributed by atoms with E-state index in [1.54, 1.807) is 30.3 Å². The maximum absolute atomic E-state index is 13.5. The number of rotatable bonds is 4. The third kappa shape index (κ3) is 4.72. The van der Waals surface area contributed by atoms with E-state index in [0.29, 0.717) is 53.5 Å². The third-order valence-electron chi connectivity index (χ3n) is 5.51. The summed E-state index contributed by atoms with van der Waals surface area (Å²) in [7, 11) is -2.35. The van der Waals surface area contributed by atoms with Crippen LogP contribution in [0.1, 0.15) is 0 Å². The minimum Gasteiger partial charge on any atom is -0.495 e. The fourth-order valence-corrected chi connectivity index (χ4v) is 5.80. The molecule has 2 heterocycles. The highest BCUT2D eigenvalue weighted by atomic mass is 35.6. The van der Waals surface area contributed by atoms with Crippen LogP contribution in [0.15, 0.2) is 52.4 Å². The van der Waals surface area contributed by atoms with Crippen molar-refractivity contribution in [2.75, 3.05) is 38.2 Å². The number of methoxy groups -OCH3 is 1. The van der Waals surface area contributed by atoms with Crippen LogP contribution in [0.5, 0.6) is 5.75 Å². The summed E-state index contributed by atoms with van der Waals surface area (Å²) in [6.45, 7) is 1.45. The number of hydrogen-bond donors (Lipinski definition) is 1. The zero-order valence-electron chi connectivity index (χ0n) is 17.3. The van der Waals surface area contributed by atoms with Gasteiger partial charge in [-0.05, 0) is 36.4 Å². The fourth-order valence-electron chi connectivity index (χ4n) is 3.83. The number of benzene rings is 2. The number of aromatic nitrogens is 1. The van der Waals surface area contributed by atoms with Gasteiger partial charge in [-0.1, -0.05) is 46.4 Å². The highest BCUT2D eigenvalue weighted by Crippen LogP contribution is 2.36. The molecule has 1 N–H and O–H groups in total. The second-order valence-corrected chi connectivity index (χ2v) is 12.1. The van der Waals surface area contributed by atoms with Gasteiger partial charge >= 0.3 is 0 Å². The maximum Gasteiger partial charge on any atom is 0.274 e. The minimum atomic E-state index is -3.86. The van der Waals surface area contributed by atoms with Crippen LogP contribution in [0, 0.1) is 0 Å². The van der Waals surface area contributed by atoms with Gasteiger partial charge in [0.15, 0.2) is 0 Å². The molecule has 1 amide bonds. The first kappa shape index (κ1) is 24.3. The van der Waals surface area contributed by atoms with E-state index in [1.807, 2.05) is 4.90 Å². The highest BCUT2D eigenvalue weighted by molar-refractivity contribution is 7.91. The summed E-state index contributed by atoms with van der Waals surface area (Å²) >= 11 is 23.2. The largest absolute Gasteiger partial charge is 0.495 e. The van der Waals surface area contributed by atoms with Crippen molar-refractivity contribution in [3.8, 4) is 5.75 Å². The zero-order chi connectivity index (χ0) is 24.0. The van der Waals surface area contributed by atoms with Gasteiger partial charge < -0.3 is 19.5 Å². The number of ether oxygens (including phenoxy) is 1. The molecule has 7 nitrogen and oxygen atoms in total. The Morgan fingerprint density at radius 1 is 1.06 bits per heavy atom. The van der Waals surface area contributed by atoms with Gasteiger partial charge in [0.05, 0.1) is 22.6 Å². The monoisotopic (exact) mass is 549 g/mol. The summed E-state index contributed by atoms with van der Waals surface area (Å²) in [5.74, 6) is -0.0782. The summed E-state index contributed by atoms with van der Waals surface area (Å²) < 4.78 is 30.4. The number of fused-ring (bicyclic) bond motifs is 1. The number of sulfone groups is 1. The van der Waals surface area contributed by atoms with Crippen LogP contribution < -0.4 is 9.64 Å². The molecule has 1 aliphatic rings. The smallest absolute Gasteiger partial charge is 0.274 e. The van der Waals surface area contributed by atoms with Gasteiger partial charge in [-0.3, -0.25) is 4.79 Å². The van der Waals surface area contributed by atoms with Crippen molar-refractivity contribution in [3.63, 3.8) is 0 Å². The zero-order valence-corrected chi connectivity index (χ0v) is 21.2. The van der Waals surface area contributed by atoms with E-state index in [2.05, 4.69) is 4.98 Å². The Morgan fingerprint density at radius 2 is 1.76 bits per heavy atom. The SMILES string of the molecule is COc1ccc(S(=O)(=O)c2c[nH]c3ccc(Cl)cc23)cc1N1CCN(C(=O)C(Cl)(Cl)Cl)CC1. The molecule has 1 fully saturated rings. The van der Waals surface area contributed by atoms with Crippen molar-refractivity contribution in [3.05, 3.63) is 47.6 Å². The molecule has 1 saturated heterocycles. The van der Waals surface area contributed by atoms with Gasteiger partial charge in [0.1, 0.15) is 5.75 Å². The molecule has 0 saturated carbocycles. The van der Waals surface area contributed by atoms with Crippen molar-refractivity contribution >= 4 is 78.7 Å². The first-order valence-electron chi connectivity index (χ1n) is 9.83. The van der Waals surface area contributed by atoms with Crippen LogP contribution in [0.2, 0.25) is 5.02 Å². The van der Waals surface area contributed by atoms with Gasteiger partial charge in [-0.15, -0.1) is 0 Å². The summed E-state index contributed by atoms with van der Waals surface area (Å²) in [4.78, 5) is 18.9. The molecule has 0 bridgehead atoms. The predicted molar refractivity (Wildman–Crippen MR) is 131 cm³/mol. The number of aromatic amines is 1. The Labute approximate surface area is 211 Å². The molecule has 0 spiro atoms. The van der Waals surface area contributed by atoms with E-state index >= 15 is 0 Å². The second-order valence-electron chi connectivity index (χ2n) is 7.46. The Hall–Kier alpha value is -1.84. The van der Waals surface area contributed by atoms with Crippen LogP contribution in [0.3, 0.4) is 0 Å². The van der Waals surface area contributed by atoms with Crippen LogP contribution in [-0.2, 0) is 14.6 Å². The molecule has 2 aromatic carbocycles. The molecule has 12 heteroatoms. The summed E-state index contributed by atoms with van der Waals surface area (Å²) in [5.41, 5.74) is 1.26. The van der Waals surface area contributed by atoms with Crippen molar-refractivity contribution in [1.82, 2.24) is 9.88 Å². The van der Waals surface area contributed by atoms with Crippen molar-refractivity contribution < 1.29 is 17.9 Å². The molecule has 1 aromatic heterocycles. The number of nitrogens with one attached hydrogen (secondary N) is 1. The van der Waals surface area contributed by atoms with Crippen molar-refractivity contribution in [2.24, 2.45) is 0 Å². The van der Waals surface area contributed by atoms with E-state index < -0.39 is 19.5 Å². The number of carbonyl (C=O) groups is 1. The Balaban J connectivity index is 1.66. The van der Waals surface area contributed by atoms with Crippen LogP contribution in [-0.4, -0.2) is 61.3 Å². The summed E-state index contributed by atoms with van der Waals surface area (Å²) in [6.07, 6.45) is 1.46. The van der Waals surface area contributed by atoms with E-state index in [9.17, 15) is 13.2 Å². The van der Waals surface area contributed by atoms with Gasteiger partial charge in [0.2, 0.25) is 9.84 Å². The first-order valence-corrected chi connectivity index (χ1v) is 12.8. The quantitative estimate of drug-likeness (QED) is 0.477. The van der Waals surface area contributed by atoms with E-state index in [1.165, 1.54) is 24.3 Å². The standard InChI is InChI=1S/C21H19Cl4N3O4S/c1-32-18-5-3-14(33(30,31)19-12-26-16-4-2-13(22)10-15(16)19)11-17(18)27-6-8-28(9-7-27)20(29)21(23,24)25/h2-5,10-12,26H,6-9H2,1H3. The molecule has 176 valence electrons. The van der Waals surface area contributed by atoms with Gasteiger partial charge in [-0.25, -0.2) is 8.42 Å². The Bertz CT molecular complexity index is 1310. The average Bonchev–Trinajstić information content (AvgIpc) is 3.21. The number of piperazine rings is 1. The van der Waals surface area contributed by atoms with Gasteiger partial charge in [0, 0.05) is 48.3 Å². The lowest BCUT2D eigenvalue weighted by Gasteiger charge is -2.37. The molecular formula is C21H19Cl4N3O4S. The molecule has 3 aromatic rings. The number of nitrogens with zero attached hydrogens (tertiary/aromatic N) is 2. The summed E-state index contributed by atoms with van der Waals surface area (Å²) in [6, 6.07) is 9.73. The lowest BCUT2D eigenvalue weighted by molar-refractivity contribution is -0.130. The number of alkyl halides is 3. The van der Waals surface area contributed by atoms with Gasteiger partial charge in [0.25, 0.3) is 9.70 Å². The fraction of sp³-hybridized carbons (Fsp3) is 0.286. The number of anilines is 1. The molecule has 0 aliphatic carbocycles. The molecule has 0 radical (unpaired) electrons. The average molecular weight is 551 g/mol. The normalized spacial score (nSPS) is 15.2. The number of halogens is 4. The minimum absolute atomic E-state index is 0.110. The molecular weight excluding hydrogens is 532 g/mol. The lowest BCUT2D eigenvalue weighted by atomic mass is 10.2. The molecule has 1 aliphatic heterocycles. The summed E-state index contributed by atoms with van der Waals surface area (Å²) in [5, 5.41) is 0.954. The molecule has 33 heavy (non-hydrogen) atoms. The molecule has 0 unspecified atom stereocenters. The van der Waals surface area contributed by atoms with E-state index in [4.69, 9.17) is 51.1 Å². The molecule has 0 atom stereocenters. The van der Waals surface area contributed by atoms with E-state index in [0.717, 1.165) is 0 Å². The van der Waals surface area contributed by atoms with Crippen LogP contribution in [0.25, 0.3) is 10.9 Å². The van der Waals surface area contributed by atoms with Gasteiger partial charge in [-0.2, -0.15) is 0 Å². The number of carbonyl (C=O) groups excluding carboxylic acids is 1. The Kier molecular flexibility index (Phi) is 6.68. The lowest BCUT2D eigenvalue weighted by Crippen LogP contribution is -2.51. The van der Waals surface area contributed by atoms with Crippen LogP contribution >= 0.6 is 46.4 Å². The number of H-pyrrole nitrogens is 1. The first-order chi connectivity index (χ1) is 15.5. The maximum atomic E-state index is 13.5. The second kappa shape index (κ2) is 9.07. The highest BCUT2D eigenvalue weighted by Gasteiger charge is 2.37. The molecule has 4 rings (SSSR count). The van der Waals surface area contributed by atoms with E-state index in [-0.39, 0.29) is 9.79 Å². The third-order valence-corrected chi connectivity index (χ3v) is 8.02. The topological polar surface area (TPSA) is 82.7 Å². The number of amides is 1. The Morgan fingerprint density at radius 3 is 2.39 bits per heavy atom. The van der Waals surface area contributed by atoms with Crippen molar-refractivity contribution in [1.29, 1.82) is 0 Å². The predicted octanol–water partition coefficient (Wildman–Crippen LogP) is 4.68. The van der Waals surface area contributed by atoms with Crippen LogP contribution in [0.4, 0.5) is 5.69 Å². The number of hydrogen-bond acceptors (Lipinski definition) is 5. The van der Waals surface area contributed by atoms with Crippen molar-refractivity contribution in [2.45, 2.75) is 13.6 Å².